The molecule has 1 N–H and O–H groups in total. The van der Waals surface area contributed by atoms with Crippen LogP contribution in [0, 0.1) is 0 Å². The van der Waals surface area contributed by atoms with E-state index in [1.54, 1.807) is 14.2 Å². The molecule has 2 aromatic heterocycles. The fraction of sp³-hybridized carbons (Fsp3) is 0.233. The van der Waals surface area contributed by atoms with Gasteiger partial charge >= 0.3 is 0 Å². The van der Waals surface area contributed by atoms with Gasteiger partial charge in [-0.2, -0.15) is 4.57 Å². The SMILES string of the molecule is COc1ccc2c(CCc3c[nH]c4ccc(Cl)cc34)c3[n+](cc2c1OC)CCc1cc2c(cc1-3)OCO2.[I-]. The molecule has 194 valence electrons. The fourth-order valence-corrected chi connectivity index (χ4v) is 6.05. The minimum atomic E-state index is 0. The van der Waals surface area contributed by atoms with Crippen LogP contribution in [-0.4, -0.2) is 26.0 Å². The summed E-state index contributed by atoms with van der Waals surface area (Å²) in [7, 11) is 3.38. The lowest BCUT2D eigenvalue weighted by molar-refractivity contribution is -0.686. The lowest BCUT2D eigenvalue weighted by atomic mass is 9.88. The molecule has 0 spiro atoms. The van der Waals surface area contributed by atoms with Gasteiger partial charge in [-0.3, -0.25) is 0 Å². The second-order valence-electron chi connectivity index (χ2n) is 9.53. The molecule has 0 unspecified atom stereocenters. The third-order valence-corrected chi connectivity index (χ3v) is 7.85. The number of fused-ring (bicyclic) bond motifs is 6. The Bertz CT molecular complexity index is 1710. The first-order valence-corrected chi connectivity index (χ1v) is 12.8. The number of aromatic amines is 1. The van der Waals surface area contributed by atoms with E-state index in [1.165, 1.54) is 27.9 Å². The van der Waals surface area contributed by atoms with E-state index in [0.717, 1.165) is 75.5 Å². The van der Waals surface area contributed by atoms with Crippen molar-refractivity contribution in [3.05, 3.63) is 76.6 Å². The summed E-state index contributed by atoms with van der Waals surface area (Å²) < 4.78 is 25.3. The summed E-state index contributed by atoms with van der Waals surface area (Å²) in [4.78, 5) is 3.40. The lowest BCUT2D eigenvalue weighted by Gasteiger charge is -2.21. The van der Waals surface area contributed by atoms with Crippen LogP contribution >= 0.6 is 11.6 Å². The van der Waals surface area contributed by atoms with Crippen molar-refractivity contribution in [3.8, 4) is 34.3 Å². The summed E-state index contributed by atoms with van der Waals surface area (Å²) in [6.45, 7) is 1.14. The van der Waals surface area contributed by atoms with Crippen LogP contribution in [-0.2, 0) is 25.8 Å². The van der Waals surface area contributed by atoms with E-state index in [-0.39, 0.29) is 30.8 Å². The number of H-pyrrole nitrogens is 1. The molecule has 3 aromatic carbocycles. The maximum atomic E-state index is 6.34. The van der Waals surface area contributed by atoms with Gasteiger partial charge in [0.1, 0.15) is 0 Å². The zero-order valence-corrected chi connectivity index (χ0v) is 24.0. The average molecular weight is 641 g/mol. The number of aryl methyl sites for hydroxylation is 4. The number of ether oxygens (including phenoxy) is 4. The summed E-state index contributed by atoms with van der Waals surface area (Å²) in [5.74, 6) is 3.12. The number of halogens is 2. The highest BCUT2D eigenvalue weighted by Gasteiger charge is 2.32. The highest BCUT2D eigenvalue weighted by molar-refractivity contribution is 6.31. The standard InChI is InChI=1S/C30H26ClN2O4.HI/c1-34-26-8-6-20-21(5-3-18-14-32-25-7-4-19(31)12-22(18)25)29-23-13-28-27(36-16-37-28)11-17(23)9-10-33(29)15-24(20)30(26)35-2;/h4,6-8,11-15,32H,3,5,9-10,16H2,1-2H3;1H/q+1;/p-1. The molecule has 0 radical (unpaired) electrons. The maximum absolute atomic E-state index is 6.34. The fourth-order valence-electron chi connectivity index (χ4n) is 5.88. The Morgan fingerprint density at radius 1 is 0.947 bits per heavy atom. The van der Waals surface area contributed by atoms with Gasteiger partial charge in [0, 0.05) is 39.5 Å². The molecular weight excluding hydrogens is 615 g/mol. The van der Waals surface area contributed by atoms with Crippen LogP contribution in [0.5, 0.6) is 23.0 Å². The molecule has 5 aromatic rings. The van der Waals surface area contributed by atoms with E-state index in [4.69, 9.17) is 30.5 Å². The van der Waals surface area contributed by atoms with Crippen molar-refractivity contribution in [1.29, 1.82) is 0 Å². The molecule has 2 aliphatic heterocycles. The quantitative estimate of drug-likeness (QED) is 0.237. The number of nitrogens with one attached hydrogen (secondary N) is 1. The van der Waals surface area contributed by atoms with Crippen molar-refractivity contribution in [2.24, 2.45) is 0 Å². The van der Waals surface area contributed by atoms with Crippen molar-refractivity contribution < 1.29 is 47.5 Å². The van der Waals surface area contributed by atoms with Gasteiger partial charge < -0.3 is 47.9 Å². The first-order chi connectivity index (χ1) is 18.1. The Kier molecular flexibility index (Phi) is 6.52. The molecule has 0 bridgehead atoms. The summed E-state index contributed by atoms with van der Waals surface area (Å²) in [6, 6.07) is 14.4. The average Bonchev–Trinajstić information content (AvgIpc) is 3.55. The zero-order valence-electron chi connectivity index (χ0n) is 21.1. The van der Waals surface area contributed by atoms with Gasteiger partial charge in [0.2, 0.25) is 12.5 Å². The molecular formula is C30H26ClIN2O4. The molecule has 0 fully saturated rings. The second kappa shape index (κ2) is 9.85. The molecule has 0 saturated carbocycles. The number of hydrogen-bond donors (Lipinski definition) is 1. The molecule has 8 heteroatoms. The summed E-state index contributed by atoms with van der Waals surface area (Å²) in [6.07, 6.45) is 6.92. The Hall–Kier alpha value is -3.17. The van der Waals surface area contributed by atoms with E-state index in [1.807, 2.05) is 24.3 Å². The monoisotopic (exact) mass is 640 g/mol. The van der Waals surface area contributed by atoms with Gasteiger partial charge in [-0.25, -0.2) is 0 Å². The Labute approximate surface area is 242 Å². The summed E-state index contributed by atoms with van der Waals surface area (Å²) in [5, 5.41) is 4.12. The van der Waals surface area contributed by atoms with E-state index in [0.29, 0.717) is 0 Å². The Balaban J connectivity index is 0.00000264. The smallest absolute Gasteiger partial charge is 0.231 e. The predicted octanol–water partition coefficient (Wildman–Crippen LogP) is 3.02. The minimum Gasteiger partial charge on any atom is -1.00 e. The van der Waals surface area contributed by atoms with Crippen LogP contribution in [0.4, 0.5) is 0 Å². The van der Waals surface area contributed by atoms with E-state index >= 15 is 0 Å². The molecule has 6 nitrogen and oxygen atoms in total. The summed E-state index contributed by atoms with van der Waals surface area (Å²) >= 11 is 6.34. The molecule has 4 heterocycles. The Morgan fingerprint density at radius 2 is 1.79 bits per heavy atom. The number of methoxy groups -OCH3 is 2. The van der Waals surface area contributed by atoms with Crippen LogP contribution in [0.25, 0.3) is 32.9 Å². The van der Waals surface area contributed by atoms with E-state index < -0.39 is 0 Å². The molecule has 0 amide bonds. The number of pyridine rings is 1. The maximum Gasteiger partial charge on any atom is 0.231 e. The second-order valence-corrected chi connectivity index (χ2v) is 9.96. The first-order valence-electron chi connectivity index (χ1n) is 12.4. The summed E-state index contributed by atoms with van der Waals surface area (Å²) in [5.41, 5.74) is 7.31. The normalized spacial score (nSPS) is 13.2. The topological polar surface area (TPSA) is 56.6 Å². The van der Waals surface area contributed by atoms with Gasteiger partial charge in [0.15, 0.2) is 35.7 Å². The molecule has 0 atom stereocenters. The largest absolute Gasteiger partial charge is 1.00 e. The predicted molar refractivity (Wildman–Crippen MR) is 143 cm³/mol. The van der Waals surface area contributed by atoms with Gasteiger partial charge in [0.05, 0.1) is 25.2 Å². The number of rotatable bonds is 5. The highest BCUT2D eigenvalue weighted by Crippen LogP contribution is 2.44. The third kappa shape index (κ3) is 3.94. The molecule has 38 heavy (non-hydrogen) atoms. The van der Waals surface area contributed by atoms with Gasteiger partial charge in [-0.05, 0) is 66.4 Å². The van der Waals surface area contributed by atoms with Crippen LogP contribution in [0.3, 0.4) is 0 Å². The molecule has 0 saturated heterocycles. The Morgan fingerprint density at radius 3 is 2.61 bits per heavy atom. The van der Waals surface area contributed by atoms with Crippen LogP contribution in [0.2, 0.25) is 5.02 Å². The van der Waals surface area contributed by atoms with Crippen molar-refractivity contribution in [1.82, 2.24) is 4.98 Å². The van der Waals surface area contributed by atoms with Crippen LogP contribution in [0.15, 0.2) is 54.9 Å². The number of aromatic nitrogens is 2. The third-order valence-electron chi connectivity index (χ3n) is 7.62. The van der Waals surface area contributed by atoms with Gasteiger partial charge in [0.25, 0.3) is 0 Å². The molecule has 2 aliphatic rings. The van der Waals surface area contributed by atoms with Crippen molar-refractivity contribution in [2.75, 3.05) is 21.0 Å². The van der Waals surface area contributed by atoms with Crippen molar-refractivity contribution >= 4 is 33.3 Å². The van der Waals surface area contributed by atoms with Crippen molar-refractivity contribution in [3.63, 3.8) is 0 Å². The van der Waals surface area contributed by atoms with Crippen LogP contribution in [0.1, 0.15) is 16.7 Å². The lowest BCUT2D eigenvalue weighted by Crippen LogP contribution is -3.00. The van der Waals surface area contributed by atoms with Gasteiger partial charge in [-0.15, -0.1) is 0 Å². The van der Waals surface area contributed by atoms with E-state index in [2.05, 4.69) is 40.1 Å². The van der Waals surface area contributed by atoms with Gasteiger partial charge in [-0.1, -0.05) is 11.6 Å². The number of hydrogen-bond acceptors (Lipinski definition) is 4. The zero-order chi connectivity index (χ0) is 25.1. The number of benzene rings is 3. The van der Waals surface area contributed by atoms with E-state index in [9.17, 15) is 0 Å². The van der Waals surface area contributed by atoms with Crippen molar-refractivity contribution in [2.45, 2.75) is 25.8 Å². The molecule has 0 aliphatic carbocycles. The first kappa shape index (κ1) is 25.1. The van der Waals surface area contributed by atoms with Crippen LogP contribution < -0.4 is 47.5 Å². The minimum absolute atomic E-state index is 0. The number of nitrogens with zero attached hydrogens (tertiary/aromatic N) is 1. The molecule has 7 rings (SSSR count). The highest BCUT2D eigenvalue weighted by atomic mass is 127.